The topological polar surface area (TPSA) is 47.0 Å². The summed E-state index contributed by atoms with van der Waals surface area (Å²) >= 11 is 2.27. The van der Waals surface area contributed by atoms with E-state index < -0.39 is 0 Å². The minimum Gasteiger partial charge on any atom is -0.373 e. The quantitative estimate of drug-likeness (QED) is 0.832. The van der Waals surface area contributed by atoms with E-state index in [4.69, 9.17) is 4.74 Å². The standard InChI is InChI=1S/C13H22IN3O/c1-7-15-11-9(14)8(2)16-12(17-11)10(18-6)13(3,4)5/h10H,7H2,1-6H3,(H,15,16,17). The van der Waals surface area contributed by atoms with Gasteiger partial charge in [-0.3, -0.25) is 0 Å². The molecule has 1 N–H and O–H groups in total. The van der Waals surface area contributed by atoms with Crippen LogP contribution >= 0.6 is 22.6 Å². The molecule has 1 aromatic rings. The summed E-state index contributed by atoms with van der Waals surface area (Å²) in [4.78, 5) is 9.18. The highest BCUT2D eigenvalue weighted by Crippen LogP contribution is 2.34. The molecule has 1 heterocycles. The van der Waals surface area contributed by atoms with E-state index in [-0.39, 0.29) is 11.5 Å². The molecule has 0 amide bonds. The van der Waals surface area contributed by atoms with Crippen molar-refractivity contribution in [2.75, 3.05) is 19.0 Å². The minimum atomic E-state index is -0.106. The number of aryl methyl sites for hydroxylation is 1. The van der Waals surface area contributed by atoms with Gasteiger partial charge in [-0.2, -0.15) is 0 Å². The van der Waals surface area contributed by atoms with Crippen LogP contribution in [0.1, 0.15) is 45.3 Å². The lowest BCUT2D eigenvalue weighted by Crippen LogP contribution is -2.23. The SMILES string of the molecule is CCNc1nc(C(OC)C(C)(C)C)nc(C)c1I. The van der Waals surface area contributed by atoms with Gasteiger partial charge in [-0.15, -0.1) is 0 Å². The number of nitrogens with zero attached hydrogens (tertiary/aromatic N) is 2. The summed E-state index contributed by atoms with van der Waals surface area (Å²) in [6.07, 6.45) is -0.106. The predicted molar refractivity (Wildman–Crippen MR) is 82.9 cm³/mol. The van der Waals surface area contributed by atoms with Crippen molar-refractivity contribution in [1.82, 2.24) is 9.97 Å². The van der Waals surface area contributed by atoms with Crippen LogP contribution in [0.4, 0.5) is 5.82 Å². The fraction of sp³-hybridized carbons (Fsp3) is 0.692. The molecular weight excluding hydrogens is 341 g/mol. The predicted octanol–water partition coefficient (Wildman–Crippen LogP) is 3.56. The number of methoxy groups -OCH3 is 1. The summed E-state index contributed by atoms with van der Waals surface area (Å²) in [6, 6.07) is 0. The molecule has 0 bridgehead atoms. The molecule has 4 nitrogen and oxygen atoms in total. The molecule has 0 fully saturated rings. The van der Waals surface area contributed by atoms with Crippen molar-refractivity contribution in [2.24, 2.45) is 5.41 Å². The summed E-state index contributed by atoms with van der Waals surface area (Å²) < 4.78 is 6.64. The molecule has 0 aliphatic heterocycles. The third-order valence-electron chi connectivity index (χ3n) is 2.64. The Balaban J connectivity index is 3.24. The Hall–Kier alpha value is -0.430. The Morgan fingerprint density at radius 2 is 1.94 bits per heavy atom. The highest BCUT2D eigenvalue weighted by molar-refractivity contribution is 14.1. The zero-order valence-electron chi connectivity index (χ0n) is 12.0. The van der Waals surface area contributed by atoms with Crippen LogP contribution in [0.15, 0.2) is 0 Å². The van der Waals surface area contributed by atoms with E-state index in [1.54, 1.807) is 7.11 Å². The maximum absolute atomic E-state index is 5.57. The largest absolute Gasteiger partial charge is 0.373 e. The molecular formula is C13H22IN3O. The maximum atomic E-state index is 5.57. The summed E-state index contributed by atoms with van der Waals surface area (Å²) in [6.45, 7) is 11.3. The number of hydrogen-bond donors (Lipinski definition) is 1. The van der Waals surface area contributed by atoms with Gasteiger partial charge in [0, 0.05) is 13.7 Å². The van der Waals surface area contributed by atoms with Crippen molar-refractivity contribution in [3.05, 3.63) is 15.1 Å². The Kier molecular flexibility index (Phi) is 5.33. The van der Waals surface area contributed by atoms with E-state index in [1.165, 1.54) is 0 Å². The summed E-state index contributed by atoms with van der Waals surface area (Å²) in [5, 5.41) is 3.27. The monoisotopic (exact) mass is 363 g/mol. The third-order valence-corrected chi connectivity index (χ3v) is 3.93. The molecule has 0 spiro atoms. The zero-order chi connectivity index (χ0) is 13.9. The van der Waals surface area contributed by atoms with Crippen LogP contribution in [-0.2, 0) is 4.74 Å². The maximum Gasteiger partial charge on any atom is 0.160 e. The van der Waals surface area contributed by atoms with Gasteiger partial charge in [0.05, 0.1) is 9.26 Å². The van der Waals surface area contributed by atoms with Crippen LogP contribution < -0.4 is 5.32 Å². The third kappa shape index (κ3) is 3.54. The Labute approximate surface area is 123 Å². The number of aromatic nitrogens is 2. The summed E-state index contributed by atoms with van der Waals surface area (Å²) in [5.74, 6) is 1.64. The number of rotatable bonds is 4. The highest BCUT2D eigenvalue weighted by atomic mass is 127. The van der Waals surface area contributed by atoms with Crippen LogP contribution in [-0.4, -0.2) is 23.6 Å². The van der Waals surface area contributed by atoms with Gasteiger partial charge in [0.15, 0.2) is 5.82 Å². The molecule has 1 aromatic heterocycles. The van der Waals surface area contributed by atoms with E-state index in [1.807, 2.05) is 6.92 Å². The Morgan fingerprint density at radius 3 is 2.39 bits per heavy atom. The first kappa shape index (κ1) is 15.6. The second-order valence-electron chi connectivity index (χ2n) is 5.34. The number of hydrogen-bond acceptors (Lipinski definition) is 4. The molecule has 0 saturated heterocycles. The van der Waals surface area contributed by atoms with E-state index in [2.05, 4.69) is 65.6 Å². The molecule has 0 aliphatic carbocycles. The molecule has 1 rings (SSSR count). The summed E-state index contributed by atoms with van der Waals surface area (Å²) in [7, 11) is 1.71. The van der Waals surface area contributed by atoms with Gasteiger partial charge in [-0.25, -0.2) is 9.97 Å². The Morgan fingerprint density at radius 1 is 1.33 bits per heavy atom. The lowest BCUT2D eigenvalue weighted by molar-refractivity contribution is 0.00862. The van der Waals surface area contributed by atoms with Crippen LogP contribution in [0.3, 0.4) is 0 Å². The molecule has 102 valence electrons. The lowest BCUT2D eigenvalue weighted by Gasteiger charge is -2.28. The molecule has 5 heteroatoms. The van der Waals surface area contributed by atoms with Gasteiger partial charge in [-0.1, -0.05) is 20.8 Å². The average Bonchev–Trinajstić information content (AvgIpc) is 2.24. The van der Waals surface area contributed by atoms with E-state index in [0.717, 1.165) is 27.5 Å². The van der Waals surface area contributed by atoms with Crippen molar-refractivity contribution >= 4 is 28.4 Å². The fourth-order valence-electron chi connectivity index (χ4n) is 1.83. The second kappa shape index (κ2) is 6.14. The first-order valence-electron chi connectivity index (χ1n) is 6.12. The van der Waals surface area contributed by atoms with Crippen molar-refractivity contribution in [1.29, 1.82) is 0 Å². The van der Waals surface area contributed by atoms with Gasteiger partial charge in [0.1, 0.15) is 11.9 Å². The van der Waals surface area contributed by atoms with Gasteiger partial charge in [0.25, 0.3) is 0 Å². The van der Waals surface area contributed by atoms with Gasteiger partial charge < -0.3 is 10.1 Å². The second-order valence-corrected chi connectivity index (χ2v) is 6.42. The first-order chi connectivity index (χ1) is 8.31. The lowest BCUT2D eigenvalue weighted by atomic mass is 9.88. The number of anilines is 1. The van der Waals surface area contributed by atoms with Crippen molar-refractivity contribution in [2.45, 2.75) is 40.7 Å². The number of ether oxygens (including phenoxy) is 1. The molecule has 18 heavy (non-hydrogen) atoms. The molecule has 0 saturated carbocycles. The van der Waals surface area contributed by atoms with Gasteiger partial charge >= 0.3 is 0 Å². The molecule has 1 atom stereocenters. The fourth-order valence-corrected chi connectivity index (χ4v) is 2.26. The molecule has 1 unspecified atom stereocenters. The van der Waals surface area contributed by atoms with E-state index in [9.17, 15) is 0 Å². The van der Waals surface area contributed by atoms with Gasteiger partial charge in [0.2, 0.25) is 0 Å². The van der Waals surface area contributed by atoms with Crippen molar-refractivity contribution < 1.29 is 4.74 Å². The average molecular weight is 363 g/mol. The van der Waals surface area contributed by atoms with Crippen LogP contribution in [0.5, 0.6) is 0 Å². The smallest absolute Gasteiger partial charge is 0.160 e. The minimum absolute atomic E-state index is 0.0303. The van der Waals surface area contributed by atoms with Crippen LogP contribution in [0.25, 0.3) is 0 Å². The normalized spacial score (nSPS) is 13.5. The van der Waals surface area contributed by atoms with Crippen LogP contribution in [0.2, 0.25) is 0 Å². The van der Waals surface area contributed by atoms with Crippen molar-refractivity contribution in [3.8, 4) is 0 Å². The number of nitrogens with one attached hydrogen (secondary N) is 1. The van der Waals surface area contributed by atoms with Crippen molar-refractivity contribution in [3.63, 3.8) is 0 Å². The highest BCUT2D eigenvalue weighted by Gasteiger charge is 2.29. The van der Waals surface area contributed by atoms with Gasteiger partial charge in [-0.05, 0) is 41.9 Å². The van der Waals surface area contributed by atoms with E-state index in [0.29, 0.717) is 0 Å². The number of halogens is 1. The molecule has 0 radical (unpaired) electrons. The van der Waals surface area contributed by atoms with E-state index >= 15 is 0 Å². The first-order valence-corrected chi connectivity index (χ1v) is 7.19. The summed E-state index contributed by atoms with van der Waals surface area (Å²) in [5.41, 5.74) is 0.958. The Bertz CT molecular complexity index is 415. The van der Waals surface area contributed by atoms with Crippen LogP contribution in [0, 0.1) is 15.9 Å². The molecule has 0 aliphatic rings. The molecule has 0 aromatic carbocycles. The zero-order valence-corrected chi connectivity index (χ0v) is 14.1.